The molecule has 5 nitrogen and oxygen atoms in total. The average molecular weight is 361 g/mol. The molecule has 1 aromatic heterocycles. The Balaban J connectivity index is 1.56. The number of benzene rings is 1. The third kappa shape index (κ3) is 4.63. The second kappa shape index (κ2) is 8.21. The molecule has 3 rings (SSSR count). The second-order valence-corrected chi connectivity index (χ2v) is 6.49. The maximum Gasteiger partial charge on any atom is 0.255 e. The molecule has 1 aliphatic carbocycles. The van der Waals surface area contributed by atoms with Crippen LogP contribution >= 0.6 is 11.6 Å². The van der Waals surface area contributed by atoms with Gasteiger partial charge in [0.2, 0.25) is 5.88 Å². The molecule has 1 N–H and O–H groups in total. The number of halogens is 1. The van der Waals surface area contributed by atoms with Crippen LogP contribution in [0.4, 0.5) is 0 Å². The highest BCUT2D eigenvalue weighted by Gasteiger charge is 2.17. The van der Waals surface area contributed by atoms with Crippen LogP contribution in [0.1, 0.15) is 41.6 Å². The molecule has 0 saturated heterocycles. The number of hydrogen-bond donors (Lipinski definition) is 1. The summed E-state index contributed by atoms with van der Waals surface area (Å²) < 4.78 is 11.0. The Morgan fingerprint density at radius 3 is 2.76 bits per heavy atom. The number of carbonyl (C=O) groups is 1. The number of rotatable bonds is 6. The Bertz CT molecular complexity index is 728. The first-order chi connectivity index (χ1) is 12.2. The largest absolute Gasteiger partial charge is 0.496 e. The summed E-state index contributed by atoms with van der Waals surface area (Å²) in [5, 5.41) is 3.38. The Morgan fingerprint density at radius 1 is 1.28 bits per heavy atom. The molecule has 0 spiro atoms. The fourth-order valence-electron chi connectivity index (χ4n) is 2.89. The van der Waals surface area contributed by atoms with E-state index < -0.39 is 0 Å². The summed E-state index contributed by atoms with van der Waals surface area (Å²) in [6, 6.07) is 8.69. The van der Waals surface area contributed by atoms with Gasteiger partial charge in [0.25, 0.3) is 5.91 Å². The van der Waals surface area contributed by atoms with Gasteiger partial charge in [0.1, 0.15) is 11.9 Å². The van der Waals surface area contributed by atoms with Gasteiger partial charge >= 0.3 is 0 Å². The monoisotopic (exact) mass is 360 g/mol. The number of nitrogens with one attached hydrogen (secondary N) is 1. The van der Waals surface area contributed by atoms with Crippen molar-refractivity contribution in [3.63, 3.8) is 0 Å². The van der Waals surface area contributed by atoms with Crippen molar-refractivity contribution < 1.29 is 14.3 Å². The van der Waals surface area contributed by atoms with Gasteiger partial charge in [-0.1, -0.05) is 17.7 Å². The maximum atomic E-state index is 12.3. The van der Waals surface area contributed by atoms with E-state index in [9.17, 15) is 4.79 Å². The molecule has 1 aliphatic rings. The van der Waals surface area contributed by atoms with Crippen molar-refractivity contribution in [2.24, 2.45) is 0 Å². The van der Waals surface area contributed by atoms with Crippen molar-refractivity contribution in [2.75, 3.05) is 7.11 Å². The van der Waals surface area contributed by atoms with Gasteiger partial charge in [0, 0.05) is 23.8 Å². The maximum absolute atomic E-state index is 12.3. The number of methoxy groups -OCH3 is 1. The van der Waals surface area contributed by atoms with Crippen LogP contribution in [-0.4, -0.2) is 24.1 Å². The minimum atomic E-state index is -0.222. The van der Waals surface area contributed by atoms with E-state index in [1.807, 2.05) is 12.1 Å². The number of pyridine rings is 1. The summed E-state index contributed by atoms with van der Waals surface area (Å²) in [7, 11) is 1.51. The third-order valence-corrected chi connectivity index (χ3v) is 4.48. The van der Waals surface area contributed by atoms with Crippen LogP contribution in [0.5, 0.6) is 11.6 Å². The van der Waals surface area contributed by atoms with Crippen LogP contribution in [0.2, 0.25) is 5.02 Å². The number of ether oxygens (including phenoxy) is 2. The number of amides is 1. The van der Waals surface area contributed by atoms with Gasteiger partial charge in [0.15, 0.2) is 0 Å². The molecule has 0 unspecified atom stereocenters. The summed E-state index contributed by atoms with van der Waals surface area (Å²) in [5.74, 6) is 0.865. The summed E-state index contributed by atoms with van der Waals surface area (Å²) >= 11 is 5.92. The van der Waals surface area contributed by atoms with E-state index in [1.54, 1.807) is 24.4 Å². The predicted octanol–water partition coefficient (Wildman–Crippen LogP) is 4.00. The first-order valence-electron chi connectivity index (χ1n) is 8.39. The molecular formula is C19H21ClN2O3. The van der Waals surface area contributed by atoms with E-state index in [0.717, 1.165) is 18.4 Å². The van der Waals surface area contributed by atoms with Gasteiger partial charge in [-0.2, -0.15) is 0 Å². The van der Waals surface area contributed by atoms with E-state index in [1.165, 1.54) is 20.0 Å². The van der Waals surface area contributed by atoms with E-state index in [4.69, 9.17) is 21.1 Å². The highest BCUT2D eigenvalue weighted by molar-refractivity contribution is 6.30. The Kier molecular flexibility index (Phi) is 5.76. The van der Waals surface area contributed by atoms with Gasteiger partial charge in [-0.25, -0.2) is 4.98 Å². The minimum Gasteiger partial charge on any atom is -0.496 e. The molecule has 1 saturated carbocycles. The Labute approximate surface area is 152 Å². The van der Waals surface area contributed by atoms with Crippen molar-refractivity contribution in [2.45, 2.75) is 38.3 Å². The highest BCUT2D eigenvalue weighted by atomic mass is 35.5. The van der Waals surface area contributed by atoms with Crippen LogP contribution in [0, 0.1) is 0 Å². The fourth-order valence-corrected chi connectivity index (χ4v) is 3.05. The first-order valence-corrected chi connectivity index (χ1v) is 8.77. The number of nitrogens with zero attached hydrogens (tertiary/aromatic N) is 1. The molecule has 132 valence electrons. The molecule has 25 heavy (non-hydrogen) atoms. The van der Waals surface area contributed by atoms with E-state index >= 15 is 0 Å². The molecule has 0 aliphatic heterocycles. The number of carbonyl (C=O) groups excluding carboxylic acids is 1. The van der Waals surface area contributed by atoms with Crippen LogP contribution < -0.4 is 14.8 Å². The SMILES string of the molecule is COc1cc(Cl)ccc1C(=O)NCc1ccc(OC2CCCC2)nc1. The van der Waals surface area contributed by atoms with Crippen LogP contribution in [-0.2, 0) is 6.54 Å². The van der Waals surface area contributed by atoms with E-state index in [-0.39, 0.29) is 12.0 Å². The van der Waals surface area contributed by atoms with Gasteiger partial charge in [-0.3, -0.25) is 4.79 Å². The summed E-state index contributed by atoms with van der Waals surface area (Å²) in [4.78, 5) is 16.6. The topological polar surface area (TPSA) is 60.5 Å². The molecule has 2 aromatic rings. The Hall–Kier alpha value is -2.27. The quantitative estimate of drug-likeness (QED) is 0.846. The lowest BCUT2D eigenvalue weighted by molar-refractivity contribution is 0.0948. The molecule has 1 fully saturated rings. The van der Waals surface area contributed by atoms with Crippen molar-refractivity contribution in [3.05, 3.63) is 52.7 Å². The van der Waals surface area contributed by atoms with Crippen LogP contribution in [0.25, 0.3) is 0 Å². The summed E-state index contributed by atoms with van der Waals surface area (Å²) in [6.07, 6.45) is 6.66. The number of hydrogen-bond acceptors (Lipinski definition) is 4. The molecule has 0 atom stereocenters. The summed E-state index contributed by atoms with van der Waals surface area (Å²) in [5.41, 5.74) is 1.35. The van der Waals surface area contributed by atoms with Gasteiger partial charge in [-0.05, 0) is 49.4 Å². The Morgan fingerprint density at radius 2 is 2.08 bits per heavy atom. The van der Waals surface area contributed by atoms with Crippen LogP contribution in [0.3, 0.4) is 0 Å². The normalized spacial score (nSPS) is 14.3. The first kappa shape index (κ1) is 17.5. The zero-order chi connectivity index (χ0) is 17.6. The molecule has 1 heterocycles. The molecule has 0 radical (unpaired) electrons. The second-order valence-electron chi connectivity index (χ2n) is 6.06. The minimum absolute atomic E-state index is 0.222. The molecular weight excluding hydrogens is 340 g/mol. The smallest absolute Gasteiger partial charge is 0.255 e. The summed E-state index contributed by atoms with van der Waals surface area (Å²) in [6.45, 7) is 0.376. The van der Waals surface area contributed by atoms with Crippen molar-refractivity contribution in [1.29, 1.82) is 0 Å². The van der Waals surface area contributed by atoms with Gasteiger partial charge in [-0.15, -0.1) is 0 Å². The highest BCUT2D eigenvalue weighted by Crippen LogP contribution is 2.24. The third-order valence-electron chi connectivity index (χ3n) is 4.25. The predicted molar refractivity (Wildman–Crippen MR) is 96.3 cm³/mol. The van der Waals surface area contributed by atoms with E-state index in [0.29, 0.717) is 28.8 Å². The van der Waals surface area contributed by atoms with Crippen molar-refractivity contribution in [1.82, 2.24) is 10.3 Å². The van der Waals surface area contributed by atoms with Gasteiger partial charge in [0.05, 0.1) is 12.7 Å². The number of aromatic nitrogens is 1. The lowest BCUT2D eigenvalue weighted by atomic mass is 10.2. The fraction of sp³-hybridized carbons (Fsp3) is 0.368. The van der Waals surface area contributed by atoms with E-state index in [2.05, 4.69) is 10.3 Å². The molecule has 0 bridgehead atoms. The zero-order valence-electron chi connectivity index (χ0n) is 14.1. The zero-order valence-corrected chi connectivity index (χ0v) is 14.9. The molecule has 1 amide bonds. The standard InChI is InChI=1S/C19H21ClN2O3/c1-24-17-10-14(20)7-8-16(17)19(23)22-12-13-6-9-18(21-11-13)25-15-4-2-3-5-15/h6-11,15H,2-5,12H2,1H3,(H,22,23). The van der Waals surface area contributed by atoms with Crippen LogP contribution in [0.15, 0.2) is 36.5 Å². The molecule has 6 heteroatoms. The van der Waals surface area contributed by atoms with Crippen molar-refractivity contribution in [3.8, 4) is 11.6 Å². The average Bonchev–Trinajstić information content (AvgIpc) is 3.13. The van der Waals surface area contributed by atoms with Gasteiger partial charge < -0.3 is 14.8 Å². The lowest BCUT2D eigenvalue weighted by Crippen LogP contribution is -2.23. The van der Waals surface area contributed by atoms with Crippen molar-refractivity contribution >= 4 is 17.5 Å². The molecule has 1 aromatic carbocycles. The lowest BCUT2D eigenvalue weighted by Gasteiger charge is -2.12.